The maximum atomic E-state index is 10.9. The number of carboxylic acid groups (broad SMARTS) is 1. The Balaban J connectivity index is 1.71. The number of phenols is 2. The lowest BCUT2D eigenvalue weighted by Gasteiger charge is -2.28. The monoisotopic (exact) mass is 449 g/mol. The van der Waals surface area contributed by atoms with Crippen molar-refractivity contribution in [1.29, 1.82) is 0 Å². The summed E-state index contributed by atoms with van der Waals surface area (Å²) in [4.78, 5) is 15.3. The minimum Gasteiger partial charge on any atom is -0.508 e. The van der Waals surface area contributed by atoms with E-state index in [0.717, 1.165) is 11.1 Å². The molecule has 0 saturated carbocycles. The van der Waals surface area contributed by atoms with E-state index in [4.69, 9.17) is 5.11 Å². The highest BCUT2D eigenvalue weighted by Gasteiger charge is 2.14. The molecule has 3 aromatic carbocycles. The van der Waals surface area contributed by atoms with Gasteiger partial charge in [-0.05, 0) is 17.7 Å². The van der Waals surface area contributed by atoms with Crippen LogP contribution in [0.3, 0.4) is 0 Å². The van der Waals surface area contributed by atoms with E-state index < -0.39 is 6.09 Å². The zero-order chi connectivity index (χ0) is 23.5. The molecule has 0 atom stereocenters. The van der Waals surface area contributed by atoms with Gasteiger partial charge in [-0.3, -0.25) is 9.80 Å². The summed E-state index contributed by atoms with van der Waals surface area (Å²) in [5, 5.41) is 31.8. The number of nitrogens with zero attached hydrogens (tertiary/aromatic N) is 2. The Kier molecular flexibility index (Phi) is 9.11. The maximum Gasteiger partial charge on any atom is 0.404 e. The molecule has 0 radical (unpaired) electrons. The number of nitrogens with one attached hydrogen (secondary N) is 1. The van der Waals surface area contributed by atoms with Crippen molar-refractivity contribution in [2.45, 2.75) is 19.6 Å². The van der Waals surface area contributed by atoms with Crippen molar-refractivity contribution in [2.75, 3.05) is 26.2 Å². The Morgan fingerprint density at radius 3 is 1.76 bits per heavy atom. The fourth-order valence-corrected chi connectivity index (χ4v) is 3.70. The summed E-state index contributed by atoms with van der Waals surface area (Å²) in [5.41, 5.74) is 2.82. The van der Waals surface area contributed by atoms with Gasteiger partial charge in [-0.1, -0.05) is 66.7 Å². The Labute approximate surface area is 194 Å². The first kappa shape index (κ1) is 24.1. The smallest absolute Gasteiger partial charge is 0.404 e. The van der Waals surface area contributed by atoms with Crippen molar-refractivity contribution in [2.24, 2.45) is 0 Å². The van der Waals surface area contributed by atoms with Crippen molar-refractivity contribution in [3.8, 4) is 11.5 Å². The molecule has 0 fully saturated rings. The van der Waals surface area contributed by atoms with Crippen molar-refractivity contribution < 1.29 is 20.1 Å². The van der Waals surface area contributed by atoms with Gasteiger partial charge in [0.05, 0.1) is 0 Å². The summed E-state index contributed by atoms with van der Waals surface area (Å²) >= 11 is 0. The predicted octanol–water partition coefficient (Wildman–Crippen LogP) is 3.87. The first-order valence-corrected chi connectivity index (χ1v) is 11.0. The van der Waals surface area contributed by atoms with Gasteiger partial charge < -0.3 is 20.6 Å². The summed E-state index contributed by atoms with van der Waals surface area (Å²) in [6.07, 6.45) is -1.05. The van der Waals surface area contributed by atoms with Crippen LogP contribution in [0.25, 0.3) is 0 Å². The average molecular weight is 450 g/mol. The molecule has 1 amide bonds. The Hall–Kier alpha value is -3.55. The third-order valence-corrected chi connectivity index (χ3v) is 5.46. The highest BCUT2D eigenvalue weighted by molar-refractivity contribution is 5.64. The largest absolute Gasteiger partial charge is 0.508 e. The van der Waals surface area contributed by atoms with Gasteiger partial charge in [0.25, 0.3) is 0 Å². The lowest BCUT2D eigenvalue weighted by molar-refractivity contribution is 0.177. The standard InChI is InChI=1S/C26H31N3O4/c30-24-12-6-4-10-22(24)19-28(15-14-27-26(32)33)16-17-29(18-21-8-2-1-3-9-21)20-23-11-5-7-13-25(23)31/h1-13,27,30-31H,14-20H2,(H,32,33). The molecular weight excluding hydrogens is 418 g/mol. The molecule has 0 aliphatic heterocycles. The quantitative estimate of drug-likeness (QED) is 0.335. The van der Waals surface area contributed by atoms with Crippen molar-refractivity contribution in [1.82, 2.24) is 15.1 Å². The Morgan fingerprint density at radius 2 is 1.18 bits per heavy atom. The number of carbonyl (C=O) groups is 1. The minimum atomic E-state index is -1.05. The molecule has 4 N–H and O–H groups in total. The molecule has 7 nitrogen and oxygen atoms in total. The van der Waals surface area contributed by atoms with E-state index in [1.807, 2.05) is 48.5 Å². The van der Waals surface area contributed by atoms with E-state index in [2.05, 4.69) is 27.2 Å². The number of amides is 1. The van der Waals surface area contributed by atoms with Crippen LogP contribution in [0.1, 0.15) is 16.7 Å². The molecule has 3 aromatic rings. The molecule has 0 aliphatic carbocycles. The van der Waals surface area contributed by atoms with Gasteiger partial charge in [-0.15, -0.1) is 0 Å². The highest BCUT2D eigenvalue weighted by Crippen LogP contribution is 2.20. The van der Waals surface area contributed by atoms with Crippen LogP contribution in [-0.4, -0.2) is 57.4 Å². The number of rotatable bonds is 12. The average Bonchev–Trinajstić information content (AvgIpc) is 2.80. The van der Waals surface area contributed by atoms with Crippen LogP contribution >= 0.6 is 0 Å². The molecule has 0 aliphatic rings. The summed E-state index contributed by atoms with van der Waals surface area (Å²) < 4.78 is 0. The second-order valence-corrected chi connectivity index (χ2v) is 7.96. The van der Waals surface area contributed by atoms with E-state index in [0.29, 0.717) is 45.8 Å². The van der Waals surface area contributed by atoms with Crippen LogP contribution in [-0.2, 0) is 19.6 Å². The Morgan fingerprint density at radius 1 is 0.667 bits per heavy atom. The lowest BCUT2D eigenvalue weighted by atomic mass is 10.1. The molecule has 0 heterocycles. The fraction of sp³-hybridized carbons (Fsp3) is 0.269. The molecule has 3 rings (SSSR count). The van der Waals surface area contributed by atoms with Crippen LogP contribution in [0.4, 0.5) is 4.79 Å². The summed E-state index contributed by atoms with van der Waals surface area (Å²) in [6.45, 7) is 3.97. The molecule has 0 spiro atoms. The number of benzene rings is 3. The summed E-state index contributed by atoms with van der Waals surface area (Å²) in [5.74, 6) is 0.497. The lowest BCUT2D eigenvalue weighted by Crippen LogP contribution is -2.39. The SMILES string of the molecule is O=C(O)NCCN(CCN(Cc1ccccc1)Cc1ccccc1O)Cc1ccccc1O. The van der Waals surface area contributed by atoms with E-state index >= 15 is 0 Å². The number of hydrogen-bond donors (Lipinski definition) is 4. The fourth-order valence-electron chi connectivity index (χ4n) is 3.70. The van der Waals surface area contributed by atoms with E-state index in [1.165, 1.54) is 5.56 Å². The highest BCUT2D eigenvalue weighted by atomic mass is 16.4. The van der Waals surface area contributed by atoms with Gasteiger partial charge in [0.2, 0.25) is 0 Å². The van der Waals surface area contributed by atoms with E-state index in [-0.39, 0.29) is 11.5 Å². The van der Waals surface area contributed by atoms with Gasteiger partial charge in [0.1, 0.15) is 11.5 Å². The molecule has 0 aromatic heterocycles. The third kappa shape index (κ3) is 8.14. The second kappa shape index (κ2) is 12.5. The van der Waals surface area contributed by atoms with Crippen LogP contribution in [0.5, 0.6) is 11.5 Å². The van der Waals surface area contributed by atoms with E-state index in [1.54, 1.807) is 18.2 Å². The topological polar surface area (TPSA) is 96.3 Å². The van der Waals surface area contributed by atoms with Gasteiger partial charge in [-0.25, -0.2) is 4.79 Å². The zero-order valence-electron chi connectivity index (χ0n) is 18.6. The van der Waals surface area contributed by atoms with Crippen molar-refractivity contribution in [3.05, 3.63) is 95.6 Å². The van der Waals surface area contributed by atoms with Crippen molar-refractivity contribution in [3.63, 3.8) is 0 Å². The molecule has 7 heteroatoms. The first-order valence-electron chi connectivity index (χ1n) is 11.0. The number of aromatic hydroxyl groups is 2. The summed E-state index contributed by atoms with van der Waals surface area (Å²) in [6, 6.07) is 24.7. The van der Waals surface area contributed by atoms with E-state index in [9.17, 15) is 15.0 Å². The normalized spacial score (nSPS) is 11.1. The molecular formula is C26H31N3O4. The second-order valence-electron chi connectivity index (χ2n) is 7.96. The first-order chi connectivity index (χ1) is 16.0. The van der Waals surface area contributed by atoms with Gasteiger partial charge in [-0.2, -0.15) is 0 Å². The minimum absolute atomic E-state index is 0.226. The Bertz CT molecular complexity index is 1010. The summed E-state index contributed by atoms with van der Waals surface area (Å²) in [7, 11) is 0. The molecule has 174 valence electrons. The van der Waals surface area contributed by atoms with Crippen LogP contribution < -0.4 is 5.32 Å². The molecule has 33 heavy (non-hydrogen) atoms. The molecule has 0 unspecified atom stereocenters. The van der Waals surface area contributed by atoms with Crippen LogP contribution in [0, 0.1) is 0 Å². The van der Waals surface area contributed by atoms with Crippen molar-refractivity contribution >= 4 is 6.09 Å². The molecule has 0 saturated heterocycles. The number of phenolic OH excluding ortho intramolecular Hbond substituents is 2. The van der Waals surface area contributed by atoms with Gasteiger partial charge in [0, 0.05) is 56.9 Å². The van der Waals surface area contributed by atoms with Gasteiger partial charge in [0.15, 0.2) is 0 Å². The zero-order valence-corrected chi connectivity index (χ0v) is 18.6. The van der Waals surface area contributed by atoms with Gasteiger partial charge >= 0.3 is 6.09 Å². The third-order valence-electron chi connectivity index (χ3n) is 5.46. The van der Waals surface area contributed by atoms with Crippen LogP contribution in [0.15, 0.2) is 78.9 Å². The predicted molar refractivity (Wildman–Crippen MR) is 128 cm³/mol. The maximum absolute atomic E-state index is 10.9. The number of hydrogen-bond acceptors (Lipinski definition) is 5. The molecule has 0 bridgehead atoms. The van der Waals surface area contributed by atoms with Crippen LogP contribution in [0.2, 0.25) is 0 Å². The number of para-hydroxylation sites is 2.